The molecule has 0 aliphatic rings. The number of thiocarbonyl (C=S) groups is 1. The maximum atomic E-state index is 5.21. The fraction of sp³-hybridized carbons (Fsp3) is 0.333. The van der Waals surface area contributed by atoms with Crippen LogP contribution in [0.2, 0.25) is 0 Å². The molecule has 0 atom stereocenters. The number of hydrogen-bond acceptors (Lipinski definition) is 2. The molecule has 1 aromatic heterocycles. The van der Waals surface area contributed by atoms with E-state index in [-0.39, 0.29) is 0 Å². The van der Waals surface area contributed by atoms with Crippen LogP contribution in [-0.4, -0.2) is 20.9 Å². The zero-order valence-corrected chi connectivity index (χ0v) is 12.9. The van der Waals surface area contributed by atoms with Gasteiger partial charge in [-0.3, -0.25) is 4.68 Å². The molecule has 0 spiro atoms. The Labute approximate surface area is 125 Å². The van der Waals surface area contributed by atoms with Gasteiger partial charge in [0.1, 0.15) is 0 Å². The van der Waals surface area contributed by atoms with E-state index >= 15 is 0 Å². The SMILES string of the molecule is Cc1ccc(Cn2cc(NC(=S)NC(C)C)cn2)cc1. The van der Waals surface area contributed by atoms with Gasteiger partial charge in [-0.2, -0.15) is 5.10 Å². The van der Waals surface area contributed by atoms with Crippen molar-refractivity contribution in [1.82, 2.24) is 15.1 Å². The molecule has 1 aromatic carbocycles. The summed E-state index contributed by atoms with van der Waals surface area (Å²) in [5.74, 6) is 0. The summed E-state index contributed by atoms with van der Waals surface area (Å²) in [5.41, 5.74) is 3.39. The van der Waals surface area contributed by atoms with Crippen molar-refractivity contribution in [2.45, 2.75) is 33.4 Å². The lowest BCUT2D eigenvalue weighted by Gasteiger charge is -2.11. The van der Waals surface area contributed by atoms with Gasteiger partial charge in [0.15, 0.2) is 5.11 Å². The van der Waals surface area contributed by atoms with Gasteiger partial charge in [0.25, 0.3) is 0 Å². The zero-order chi connectivity index (χ0) is 14.5. The van der Waals surface area contributed by atoms with E-state index in [4.69, 9.17) is 12.2 Å². The van der Waals surface area contributed by atoms with Gasteiger partial charge in [-0.15, -0.1) is 0 Å². The number of nitrogens with zero attached hydrogens (tertiary/aromatic N) is 2. The fourth-order valence-corrected chi connectivity index (χ4v) is 2.18. The lowest BCUT2D eigenvalue weighted by molar-refractivity contribution is 0.687. The minimum absolute atomic E-state index is 0.317. The lowest BCUT2D eigenvalue weighted by atomic mass is 10.1. The second kappa shape index (κ2) is 6.52. The van der Waals surface area contributed by atoms with Gasteiger partial charge in [-0.05, 0) is 38.6 Å². The van der Waals surface area contributed by atoms with Crippen LogP contribution in [0.1, 0.15) is 25.0 Å². The van der Waals surface area contributed by atoms with E-state index in [2.05, 4.69) is 60.8 Å². The van der Waals surface area contributed by atoms with Gasteiger partial charge < -0.3 is 10.6 Å². The largest absolute Gasteiger partial charge is 0.360 e. The first-order valence-electron chi connectivity index (χ1n) is 6.68. The number of nitrogens with one attached hydrogen (secondary N) is 2. The summed E-state index contributed by atoms with van der Waals surface area (Å²) >= 11 is 5.21. The highest BCUT2D eigenvalue weighted by molar-refractivity contribution is 7.80. The number of anilines is 1. The Morgan fingerprint density at radius 1 is 1.30 bits per heavy atom. The van der Waals surface area contributed by atoms with E-state index in [1.54, 1.807) is 6.20 Å². The van der Waals surface area contributed by atoms with Gasteiger partial charge in [0, 0.05) is 12.2 Å². The average Bonchev–Trinajstić information content (AvgIpc) is 2.78. The van der Waals surface area contributed by atoms with Crippen molar-refractivity contribution in [2.75, 3.05) is 5.32 Å². The molecule has 0 aliphatic carbocycles. The van der Waals surface area contributed by atoms with Crippen molar-refractivity contribution in [1.29, 1.82) is 0 Å². The first-order valence-corrected chi connectivity index (χ1v) is 7.09. The van der Waals surface area contributed by atoms with Gasteiger partial charge in [-0.25, -0.2) is 0 Å². The molecule has 0 saturated heterocycles. The smallest absolute Gasteiger partial charge is 0.171 e. The van der Waals surface area contributed by atoms with E-state index in [1.165, 1.54) is 11.1 Å². The van der Waals surface area contributed by atoms with Crippen LogP contribution in [-0.2, 0) is 6.54 Å². The lowest BCUT2D eigenvalue weighted by Crippen LogP contribution is -2.33. The Hall–Kier alpha value is -1.88. The van der Waals surface area contributed by atoms with Crippen LogP contribution in [0.3, 0.4) is 0 Å². The van der Waals surface area contributed by atoms with Gasteiger partial charge in [0.2, 0.25) is 0 Å². The normalized spacial score (nSPS) is 10.6. The Bertz CT molecular complexity index is 572. The van der Waals surface area contributed by atoms with E-state index in [0.717, 1.165) is 12.2 Å². The zero-order valence-electron chi connectivity index (χ0n) is 12.1. The van der Waals surface area contributed by atoms with Crippen LogP contribution >= 0.6 is 12.2 Å². The molecule has 0 radical (unpaired) electrons. The molecular formula is C15H20N4S. The van der Waals surface area contributed by atoms with Crippen molar-refractivity contribution < 1.29 is 0 Å². The van der Waals surface area contributed by atoms with Gasteiger partial charge in [0.05, 0.1) is 18.4 Å². The summed E-state index contributed by atoms with van der Waals surface area (Å²) in [5, 5.41) is 11.2. The number of hydrogen-bond donors (Lipinski definition) is 2. The number of aromatic nitrogens is 2. The van der Waals surface area contributed by atoms with Crippen LogP contribution in [0.15, 0.2) is 36.7 Å². The van der Waals surface area contributed by atoms with Crippen LogP contribution < -0.4 is 10.6 Å². The third-order valence-corrected chi connectivity index (χ3v) is 3.00. The molecule has 106 valence electrons. The molecule has 4 nitrogen and oxygen atoms in total. The third kappa shape index (κ3) is 4.35. The van der Waals surface area contributed by atoms with Crippen LogP contribution in [0, 0.1) is 6.92 Å². The Morgan fingerprint density at radius 3 is 2.65 bits per heavy atom. The summed E-state index contributed by atoms with van der Waals surface area (Å²) < 4.78 is 1.89. The second-order valence-corrected chi connectivity index (χ2v) is 5.57. The Balaban J connectivity index is 1.95. The van der Waals surface area contributed by atoms with E-state index < -0.39 is 0 Å². The molecular weight excluding hydrogens is 268 g/mol. The number of benzene rings is 1. The molecule has 5 heteroatoms. The van der Waals surface area contributed by atoms with Crippen LogP contribution in [0.4, 0.5) is 5.69 Å². The molecule has 0 aliphatic heterocycles. The molecule has 2 N–H and O–H groups in total. The van der Waals surface area contributed by atoms with Crippen molar-refractivity contribution in [3.63, 3.8) is 0 Å². The van der Waals surface area contributed by atoms with Crippen LogP contribution in [0.5, 0.6) is 0 Å². The molecule has 2 aromatic rings. The van der Waals surface area contributed by atoms with Gasteiger partial charge >= 0.3 is 0 Å². The maximum Gasteiger partial charge on any atom is 0.171 e. The molecule has 0 saturated carbocycles. The van der Waals surface area contributed by atoms with Crippen molar-refractivity contribution in [3.05, 3.63) is 47.8 Å². The first kappa shape index (κ1) is 14.5. The highest BCUT2D eigenvalue weighted by Crippen LogP contribution is 2.09. The van der Waals surface area contributed by atoms with Crippen LogP contribution in [0.25, 0.3) is 0 Å². The summed E-state index contributed by atoms with van der Waals surface area (Å²) in [7, 11) is 0. The molecule has 0 unspecified atom stereocenters. The van der Waals surface area contributed by atoms with E-state index in [1.807, 2.05) is 10.9 Å². The quantitative estimate of drug-likeness (QED) is 0.849. The summed E-state index contributed by atoms with van der Waals surface area (Å²) in [4.78, 5) is 0. The standard InChI is InChI=1S/C15H20N4S/c1-11(2)17-15(20)18-14-8-16-19(10-14)9-13-6-4-12(3)5-7-13/h4-8,10-11H,9H2,1-3H3,(H2,17,18,20). The number of rotatable bonds is 4. The molecule has 0 amide bonds. The number of aryl methyl sites for hydroxylation is 1. The molecule has 0 bridgehead atoms. The summed E-state index contributed by atoms with van der Waals surface area (Å²) in [6.07, 6.45) is 3.73. The van der Waals surface area contributed by atoms with Crippen molar-refractivity contribution in [3.8, 4) is 0 Å². The predicted molar refractivity (Wildman–Crippen MR) is 87.0 cm³/mol. The monoisotopic (exact) mass is 288 g/mol. The predicted octanol–water partition coefficient (Wildman–Crippen LogP) is 2.93. The maximum absolute atomic E-state index is 5.21. The molecule has 0 fully saturated rings. The first-order chi connectivity index (χ1) is 9.52. The van der Waals surface area contributed by atoms with Crippen molar-refractivity contribution >= 4 is 23.0 Å². The highest BCUT2D eigenvalue weighted by atomic mass is 32.1. The van der Waals surface area contributed by atoms with E-state index in [9.17, 15) is 0 Å². The minimum atomic E-state index is 0.317. The Kier molecular flexibility index (Phi) is 4.74. The average molecular weight is 288 g/mol. The van der Waals surface area contributed by atoms with Gasteiger partial charge in [-0.1, -0.05) is 29.8 Å². The van der Waals surface area contributed by atoms with E-state index in [0.29, 0.717) is 11.2 Å². The topological polar surface area (TPSA) is 41.9 Å². The van der Waals surface area contributed by atoms with Crippen molar-refractivity contribution in [2.24, 2.45) is 0 Å². The second-order valence-electron chi connectivity index (χ2n) is 5.17. The summed E-state index contributed by atoms with van der Waals surface area (Å²) in [6.45, 7) is 6.94. The highest BCUT2D eigenvalue weighted by Gasteiger charge is 2.03. The summed E-state index contributed by atoms with van der Waals surface area (Å²) in [6, 6.07) is 8.78. The molecule has 2 rings (SSSR count). The molecule has 20 heavy (non-hydrogen) atoms. The minimum Gasteiger partial charge on any atom is -0.360 e. The third-order valence-electron chi connectivity index (χ3n) is 2.78. The molecule has 1 heterocycles. The fourth-order valence-electron chi connectivity index (χ4n) is 1.82. The Morgan fingerprint density at radius 2 is 2.00 bits per heavy atom.